The highest BCUT2D eigenvalue weighted by Crippen LogP contribution is 2.25. The molecule has 0 amide bonds. The van der Waals surface area contributed by atoms with Gasteiger partial charge in [0.1, 0.15) is 11.9 Å². The zero-order chi connectivity index (χ0) is 14.5. The predicted octanol–water partition coefficient (Wildman–Crippen LogP) is 3.27. The van der Waals surface area contributed by atoms with E-state index in [1.807, 2.05) is 6.92 Å². The Morgan fingerprint density at radius 2 is 2.15 bits per heavy atom. The number of hydrogen-bond acceptors (Lipinski definition) is 3. The molecule has 20 heavy (non-hydrogen) atoms. The molecule has 0 radical (unpaired) electrons. The maximum Gasteiger partial charge on any atom is 0.327 e. The molecule has 1 aliphatic carbocycles. The number of benzene rings is 1. The lowest BCUT2D eigenvalue weighted by atomic mass is 10.00. The van der Waals surface area contributed by atoms with E-state index in [1.54, 1.807) is 13.0 Å². The quantitative estimate of drug-likeness (QED) is 0.841. The van der Waals surface area contributed by atoms with Gasteiger partial charge in [-0.15, -0.1) is 0 Å². The standard InChI is InChI=1S/C16H22FNO2/c1-3-20-16(19)15(18-13-6-4-5-7-13)14-9-8-12(17)10-11(14)2/h8-10,13,15,18H,3-7H2,1-2H3. The largest absolute Gasteiger partial charge is 0.465 e. The lowest BCUT2D eigenvalue weighted by Gasteiger charge is -2.23. The van der Waals surface area contributed by atoms with Crippen LogP contribution in [0.4, 0.5) is 4.39 Å². The van der Waals surface area contributed by atoms with Crippen molar-refractivity contribution < 1.29 is 13.9 Å². The molecule has 0 aliphatic heterocycles. The van der Waals surface area contributed by atoms with Gasteiger partial charge in [0.05, 0.1) is 6.61 Å². The number of carbonyl (C=O) groups is 1. The third-order valence-corrected chi connectivity index (χ3v) is 3.82. The first-order chi connectivity index (χ1) is 9.61. The summed E-state index contributed by atoms with van der Waals surface area (Å²) in [5.74, 6) is -0.566. The molecule has 1 aliphatic rings. The van der Waals surface area contributed by atoms with Gasteiger partial charge in [0.15, 0.2) is 0 Å². The van der Waals surface area contributed by atoms with Crippen molar-refractivity contribution in [3.63, 3.8) is 0 Å². The van der Waals surface area contributed by atoms with Gasteiger partial charge in [0, 0.05) is 6.04 Å². The summed E-state index contributed by atoms with van der Waals surface area (Å²) in [7, 11) is 0. The number of ether oxygens (including phenoxy) is 1. The van der Waals surface area contributed by atoms with Crippen LogP contribution in [0.3, 0.4) is 0 Å². The van der Waals surface area contributed by atoms with Gasteiger partial charge in [-0.3, -0.25) is 5.32 Å². The molecule has 1 saturated carbocycles. The number of esters is 1. The van der Waals surface area contributed by atoms with Crippen molar-refractivity contribution in [2.24, 2.45) is 0 Å². The summed E-state index contributed by atoms with van der Waals surface area (Å²) in [5, 5.41) is 3.38. The van der Waals surface area contributed by atoms with Crippen LogP contribution in [-0.2, 0) is 9.53 Å². The van der Waals surface area contributed by atoms with Gasteiger partial charge in [0.2, 0.25) is 0 Å². The maximum absolute atomic E-state index is 13.2. The maximum atomic E-state index is 13.2. The second-order valence-electron chi connectivity index (χ2n) is 5.33. The zero-order valence-electron chi connectivity index (χ0n) is 12.1. The van der Waals surface area contributed by atoms with Gasteiger partial charge < -0.3 is 4.74 Å². The molecular formula is C16H22FNO2. The van der Waals surface area contributed by atoms with E-state index >= 15 is 0 Å². The molecular weight excluding hydrogens is 257 g/mol. The van der Waals surface area contributed by atoms with Crippen molar-refractivity contribution in [1.29, 1.82) is 0 Å². The molecule has 0 spiro atoms. The smallest absolute Gasteiger partial charge is 0.327 e. The summed E-state index contributed by atoms with van der Waals surface area (Å²) >= 11 is 0. The second kappa shape index (κ2) is 6.84. The Kier molecular flexibility index (Phi) is 5.12. The summed E-state index contributed by atoms with van der Waals surface area (Å²) in [4.78, 5) is 12.2. The van der Waals surface area contributed by atoms with Gasteiger partial charge in [0.25, 0.3) is 0 Å². The third-order valence-electron chi connectivity index (χ3n) is 3.82. The van der Waals surface area contributed by atoms with Gasteiger partial charge in [-0.25, -0.2) is 9.18 Å². The van der Waals surface area contributed by atoms with Crippen molar-refractivity contribution in [3.05, 3.63) is 35.1 Å². The van der Waals surface area contributed by atoms with Crippen LogP contribution in [0.2, 0.25) is 0 Å². The highest BCUT2D eigenvalue weighted by atomic mass is 19.1. The monoisotopic (exact) mass is 279 g/mol. The van der Waals surface area contributed by atoms with Crippen LogP contribution >= 0.6 is 0 Å². The van der Waals surface area contributed by atoms with E-state index in [1.165, 1.54) is 25.0 Å². The van der Waals surface area contributed by atoms with Crippen LogP contribution < -0.4 is 5.32 Å². The minimum Gasteiger partial charge on any atom is -0.465 e. The summed E-state index contributed by atoms with van der Waals surface area (Å²) < 4.78 is 18.4. The summed E-state index contributed by atoms with van der Waals surface area (Å²) in [5.41, 5.74) is 1.57. The minimum atomic E-state index is -0.501. The Bertz CT molecular complexity index is 470. The van der Waals surface area contributed by atoms with Crippen LogP contribution in [0.15, 0.2) is 18.2 Å². The van der Waals surface area contributed by atoms with E-state index in [2.05, 4.69) is 5.32 Å². The number of aryl methyl sites for hydroxylation is 1. The fourth-order valence-electron chi connectivity index (χ4n) is 2.80. The number of rotatable bonds is 5. The van der Waals surface area contributed by atoms with Crippen molar-refractivity contribution in [2.45, 2.75) is 51.6 Å². The Hall–Kier alpha value is -1.42. The van der Waals surface area contributed by atoms with E-state index < -0.39 is 6.04 Å². The van der Waals surface area contributed by atoms with E-state index in [0.717, 1.165) is 24.0 Å². The van der Waals surface area contributed by atoms with Crippen LogP contribution in [0.5, 0.6) is 0 Å². The van der Waals surface area contributed by atoms with Crippen LogP contribution in [0.1, 0.15) is 49.8 Å². The molecule has 1 aromatic carbocycles. The van der Waals surface area contributed by atoms with Gasteiger partial charge in [-0.2, -0.15) is 0 Å². The fourth-order valence-corrected chi connectivity index (χ4v) is 2.80. The first-order valence-corrected chi connectivity index (χ1v) is 7.30. The van der Waals surface area contributed by atoms with Gasteiger partial charge in [-0.1, -0.05) is 18.9 Å². The molecule has 110 valence electrons. The molecule has 1 fully saturated rings. The molecule has 1 N–H and O–H groups in total. The third kappa shape index (κ3) is 3.57. The molecule has 2 rings (SSSR count). The van der Waals surface area contributed by atoms with Crippen molar-refractivity contribution in [2.75, 3.05) is 6.61 Å². The van der Waals surface area contributed by atoms with Crippen molar-refractivity contribution in [1.82, 2.24) is 5.32 Å². The molecule has 4 heteroatoms. The SMILES string of the molecule is CCOC(=O)C(NC1CCCC1)c1ccc(F)cc1C. The Morgan fingerprint density at radius 1 is 1.45 bits per heavy atom. The topological polar surface area (TPSA) is 38.3 Å². The average molecular weight is 279 g/mol. The first-order valence-electron chi connectivity index (χ1n) is 7.30. The van der Waals surface area contributed by atoms with Crippen LogP contribution in [0.25, 0.3) is 0 Å². The lowest BCUT2D eigenvalue weighted by Crippen LogP contribution is -2.37. The van der Waals surface area contributed by atoms with Gasteiger partial charge >= 0.3 is 5.97 Å². The highest BCUT2D eigenvalue weighted by Gasteiger charge is 2.27. The van der Waals surface area contributed by atoms with E-state index in [-0.39, 0.29) is 11.8 Å². The number of nitrogens with one attached hydrogen (secondary N) is 1. The van der Waals surface area contributed by atoms with Gasteiger partial charge in [-0.05, 0) is 49.9 Å². The average Bonchev–Trinajstić information content (AvgIpc) is 2.90. The molecule has 0 aromatic heterocycles. The molecule has 0 bridgehead atoms. The number of halogens is 1. The predicted molar refractivity (Wildman–Crippen MR) is 75.9 cm³/mol. The van der Waals surface area contributed by atoms with Crippen LogP contribution in [0, 0.1) is 12.7 Å². The summed E-state index contributed by atoms with van der Waals surface area (Å²) in [6, 6.07) is 4.37. The number of hydrogen-bond donors (Lipinski definition) is 1. The van der Waals surface area contributed by atoms with Crippen LogP contribution in [-0.4, -0.2) is 18.6 Å². The van der Waals surface area contributed by atoms with Crippen molar-refractivity contribution in [3.8, 4) is 0 Å². The Balaban J connectivity index is 2.22. The van der Waals surface area contributed by atoms with Crippen molar-refractivity contribution >= 4 is 5.97 Å². The normalized spacial score (nSPS) is 17.1. The highest BCUT2D eigenvalue weighted by molar-refractivity contribution is 5.78. The van der Waals surface area contributed by atoms with E-state index in [4.69, 9.17) is 4.74 Å². The molecule has 1 aromatic rings. The molecule has 3 nitrogen and oxygen atoms in total. The number of carbonyl (C=O) groups excluding carboxylic acids is 1. The summed E-state index contributed by atoms with van der Waals surface area (Å²) in [6.07, 6.45) is 4.54. The fraction of sp³-hybridized carbons (Fsp3) is 0.562. The molecule has 0 saturated heterocycles. The molecule has 1 atom stereocenters. The Labute approximate surface area is 119 Å². The molecule has 1 unspecified atom stereocenters. The van der Waals surface area contributed by atoms with E-state index in [0.29, 0.717) is 12.6 Å². The minimum absolute atomic E-state index is 0.283. The van der Waals surface area contributed by atoms with E-state index in [9.17, 15) is 9.18 Å². The first kappa shape index (κ1) is 15.0. The lowest BCUT2D eigenvalue weighted by molar-refractivity contribution is -0.146. The second-order valence-corrected chi connectivity index (χ2v) is 5.33. The Morgan fingerprint density at radius 3 is 2.75 bits per heavy atom. The zero-order valence-corrected chi connectivity index (χ0v) is 12.1. The molecule has 0 heterocycles. The summed E-state index contributed by atoms with van der Waals surface area (Å²) in [6.45, 7) is 3.96.